The molecular formula is C12H13N5OS. The van der Waals surface area contributed by atoms with Crippen molar-refractivity contribution in [2.45, 2.75) is 25.4 Å². The fourth-order valence-corrected chi connectivity index (χ4v) is 2.44. The molecule has 1 atom stereocenters. The summed E-state index contributed by atoms with van der Waals surface area (Å²) >= 11 is 5.25. The van der Waals surface area contributed by atoms with Crippen LogP contribution in [0, 0.1) is 4.77 Å². The maximum absolute atomic E-state index is 11.2. The highest BCUT2D eigenvalue weighted by atomic mass is 32.1. The normalized spacial score (nSPS) is 18.5. The number of amides is 1. The number of carbonyl (C=O) groups excluding carboxylic acids is 1. The zero-order valence-electron chi connectivity index (χ0n) is 10.2. The summed E-state index contributed by atoms with van der Waals surface area (Å²) in [7, 11) is 0. The molecule has 1 saturated heterocycles. The van der Waals surface area contributed by atoms with Crippen molar-refractivity contribution in [3.8, 4) is 11.4 Å². The van der Waals surface area contributed by atoms with Gasteiger partial charge in [0, 0.05) is 37.0 Å². The van der Waals surface area contributed by atoms with E-state index >= 15 is 0 Å². The number of pyridine rings is 1. The van der Waals surface area contributed by atoms with Gasteiger partial charge in [-0.3, -0.25) is 19.4 Å². The third kappa shape index (κ3) is 2.41. The van der Waals surface area contributed by atoms with E-state index in [2.05, 4.69) is 20.5 Å². The van der Waals surface area contributed by atoms with Crippen LogP contribution >= 0.6 is 12.2 Å². The molecule has 1 amide bonds. The molecule has 6 nitrogen and oxygen atoms in total. The van der Waals surface area contributed by atoms with Gasteiger partial charge in [0.1, 0.15) is 0 Å². The summed E-state index contributed by atoms with van der Waals surface area (Å²) < 4.78 is 2.46. The highest BCUT2D eigenvalue weighted by molar-refractivity contribution is 7.71. The van der Waals surface area contributed by atoms with E-state index < -0.39 is 0 Å². The van der Waals surface area contributed by atoms with Gasteiger partial charge in [-0.1, -0.05) is 0 Å². The SMILES string of the molecule is O=C1CCC(Cn2c(-c3cccnc3)n[nH]c2=S)N1. The maximum atomic E-state index is 11.2. The molecule has 19 heavy (non-hydrogen) atoms. The lowest BCUT2D eigenvalue weighted by Crippen LogP contribution is -2.29. The van der Waals surface area contributed by atoms with Crippen LogP contribution in [0.3, 0.4) is 0 Å². The van der Waals surface area contributed by atoms with Gasteiger partial charge in [0.25, 0.3) is 0 Å². The third-order valence-electron chi connectivity index (χ3n) is 3.17. The molecule has 2 aromatic heterocycles. The van der Waals surface area contributed by atoms with E-state index in [1.807, 2.05) is 16.7 Å². The van der Waals surface area contributed by atoms with Gasteiger partial charge >= 0.3 is 0 Å². The summed E-state index contributed by atoms with van der Waals surface area (Å²) in [5, 5.41) is 9.97. The number of nitrogens with one attached hydrogen (secondary N) is 2. The van der Waals surface area contributed by atoms with Crippen molar-refractivity contribution in [3.63, 3.8) is 0 Å². The van der Waals surface area contributed by atoms with Crippen LogP contribution in [0.2, 0.25) is 0 Å². The highest BCUT2D eigenvalue weighted by Crippen LogP contribution is 2.18. The Morgan fingerprint density at radius 1 is 1.53 bits per heavy atom. The molecule has 0 aliphatic carbocycles. The van der Waals surface area contributed by atoms with Gasteiger partial charge in [0.2, 0.25) is 5.91 Å². The molecule has 1 aliphatic heterocycles. The zero-order valence-corrected chi connectivity index (χ0v) is 11.0. The minimum Gasteiger partial charge on any atom is -0.352 e. The second-order valence-electron chi connectivity index (χ2n) is 4.51. The molecule has 3 rings (SSSR count). The molecule has 1 aliphatic rings. The number of rotatable bonds is 3. The van der Waals surface area contributed by atoms with E-state index in [-0.39, 0.29) is 11.9 Å². The topological polar surface area (TPSA) is 75.6 Å². The Kier molecular flexibility index (Phi) is 3.12. The number of aromatic nitrogens is 4. The summed E-state index contributed by atoms with van der Waals surface area (Å²) in [6.07, 6.45) is 4.87. The minimum absolute atomic E-state index is 0.0999. The first-order valence-corrected chi connectivity index (χ1v) is 6.50. The molecule has 1 fully saturated rings. The second-order valence-corrected chi connectivity index (χ2v) is 4.89. The van der Waals surface area contributed by atoms with Crippen LogP contribution in [0.4, 0.5) is 0 Å². The van der Waals surface area contributed by atoms with Crippen LogP contribution in [-0.2, 0) is 11.3 Å². The molecular weight excluding hydrogens is 262 g/mol. The lowest BCUT2D eigenvalue weighted by molar-refractivity contribution is -0.119. The monoisotopic (exact) mass is 275 g/mol. The first kappa shape index (κ1) is 12.0. The maximum Gasteiger partial charge on any atom is 0.220 e. The summed E-state index contributed by atoms with van der Waals surface area (Å²) in [5.41, 5.74) is 0.902. The Bertz CT molecular complexity index is 648. The van der Waals surface area contributed by atoms with E-state index in [1.54, 1.807) is 12.4 Å². The van der Waals surface area contributed by atoms with E-state index in [4.69, 9.17) is 12.2 Å². The number of carbonyl (C=O) groups is 1. The molecule has 0 saturated carbocycles. The fourth-order valence-electron chi connectivity index (χ4n) is 2.24. The van der Waals surface area contributed by atoms with Crippen molar-refractivity contribution < 1.29 is 4.79 Å². The first-order valence-electron chi connectivity index (χ1n) is 6.09. The first-order chi connectivity index (χ1) is 9.24. The molecule has 2 aromatic rings. The third-order valence-corrected chi connectivity index (χ3v) is 3.48. The Morgan fingerprint density at radius 3 is 3.11 bits per heavy atom. The number of hydrogen-bond donors (Lipinski definition) is 2. The molecule has 2 N–H and O–H groups in total. The molecule has 0 bridgehead atoms. The van der Waals surface area contributed by atoms with Gasteiger partial charge in [0.15, 0.2) is 10.6 Å². The summed E-state index contributed by atoms with van der Waals surface area (Å²) in [5.74, 6) is 0.849. The van der Waals surface area contributed by atoms with E-state index in [1.165, 1.54) is 0 Å². The standard InChI is InChI=1S/C12H13N5OS/c18-10-4-3-9(14-10)7-17-11(15-16-12(17)19)8-2-1-5-13-6-8/h1-2,5-6,9H,3-4,7H2,(H,14,18)(H,16,19). The quantitative estimate of drug-likeness (QED) is 0.827. The summed E-state index contributed by atoms with van der Waals surface area (Å²) in [6.45, 7) is 0.630. The van der Waals surface area contributed by atoms with Gasteiger partial charge < -0.3 is 5.32 Å². The van der Waals surface area contributed by atoms with Crippen molar-refractivity contribution in [1.82, 2.24) is 25.1 Å². The summed E-state index contributed by atoms with van der Waals surface area (Å²) in [4.78, 5) is 15.3. The van der Waals surface area contributed by atoms with Crippen molar-refractivity contribution in [2.75, 3.05) is 0 Å². The molecule has 0 spiro atoms. The van der Waals surface area contributed by atoms with E-state index in [0.717, 1.165) is 17.8 Å². The van der Waals surface area contributed by atoms with Crippen LogP contribution < -0.4 is 5.32 Å². The van der Waals surface area contributed by atoms with E-state index in [9.17, 15) is 4.79 Å². The molecule has 7 heteroatoms. The largest absolute Gasteiger partial charge is 0.352 e. The fraction of sp³-hybridized carbons (Fsp3) is 0.333. The number of H-pyrrole nitrogens is 1. The Balaban J connectivity index is 1.91. The van der Waals surface area contributed by atoms with Gasteiger partial charge in [-0.15, -0.1) is 0 Å². The summed E-state index contributed by atoms with van der Waals surface area (Å²) in [6, 6.07) is 3.91. The van der Waals surface area contributed by atoms with Crippen molar-refractivity contribution in [1.29, 1.82) is 0 Å². The van der Waals surface area contributed by atoms with Crippen molar-refractivity contribution in [3.05, 3.63) is 29.3 Å². The van der Waals surface area contributed by atoms with Crippen molar-refractivity contribution >= 4 is 18.1 Å². The lowest BCUT2D eigenvalue weighted by atomic mass is 10.2. The van der Waals surface area contributed by atoms with E-state index in [0.29, 0.717) is 17.7 Å². The van der Waals surface area contributed by atoms with Gasteiger partial charge in [-0.2, -0.15) is 5.10 Å². The molecule has 0 radical (unpaired) electrons. The Labute approximate surface area is 114 Å². The van der Waals surface area contributed by atoms with Crippen molar-refractivity contribution in [2.24, 2.45) is 0 Å². The van der Waals surface area contributed by atoms with Gasteiger partial charge in [-0.25, -0.2) is 0 Å². The van der Waals surface area contributed by atoms with Crippen LogP contribution in [0.25, 0.3) is 11.4 Å². The Morgan fingerprint density at radius 2 is 2.42 bits per heavy atom. The number of hydrogen-bond acceptors (Lipinski definition) is 4. The van der Waals surface area contributed by atoms with Crippen LogP contribution in [-0.4, -0.2) is 31.7 Å². The van der Waals surface area contributed by atoms with Gasteiger partial charge in [-0.05, 0) is 30.8 Å². The predicted molar refractivity (Wildman–Crippen MR) is 71.8 cm³/mol. The average Bonchev–Trinajstić information content (AvgIpc) is 2.99. The molecule has 98 valence electrons. The minimum atomic E-state index is 0.0999. The van der Waals surface area contributed by atoms with Crippen LogP contribution in [0.15, 0.2) is 24.5 Å². The average molecular weight is 275 g/mol. The molecule has 1 unspecified atom stereocenters. The predicted octanol–water partition coefficient (Wildman–Crippen LogP) is 1.28. The second kappa shape index (κ2) is 4.93. The highest BCUT2D eigenvalue weighted by Gasteiger charge is 2.22. The van der Waals surface area contributed by atoms with Crippen LogP contribution in [0.1, 0.15) is 12.8 Å². The smallest absolute Gasteiger partial charge is 0.220 e. The lowest BCUT2D eigenvalue weighted by Gasteiger charge is -2.12. The Hall–Kier alpha value is -2.02. The van der Waals surface area contributed by atoms with Crippen LogP contribution in [0.5, 0.6) is 0 Å². The zero-order chi connectivity index (χ0) is 13.2. The molecule has 0 aromatic carbocycles. The van der Waals surface area contributed by atoms with Gasteiger partial charge in [0.05, 0.1) is 0 Å². The number of nitrogens with zero attached hydrogens (tertiary/aromatic N) is 3. The molecule has 3 heterocycles. The number of aromatic amines is 1.